The monoisotopic (exact) mass is 215 g/mol. The van der Waals surface area contributed by atoms with Crippen molar-refractivity contribution >= 4 is 21.6 Å². The van der Waals surface area contributed by atoms with E-state index in [0.717, 1.165) is 11.1 Å². The molecule has 14 heavy (non-hydrogen) atoms. The van der Waals surface area contributed by atoms with Crippen LogP contribution in [0.5, 0.6) is 0 Å². The first-order valence-corrected chi connectivity index (χ1v) is 5.51. The van der Waals surface area contributed by atoms with Crippen molar-refractivity contribution in [2.45, 2.75) is 13.8 Å². The lowest BCUT2D eigenvalue weighted by Crippen LogP contribution is -2.22. The summed E-state index contributed by atoms with van der Waals surface area (Å²) in [5, 5.41) is 4.84. The van der Waals surface area contributed by atoms with Crippen LogP contribution in [0.4, 0.5) is 11.4 Å². The van der Waals surface area contributed by atoms with E-state index in [1.165, 1.54) is 0 Å². The normalized spacial score (nSPS) is 11.4. The highest BCUT2D eigenvalue weighted by Crippen LogP contribution is 2.22. The van der Waals surface area contributed by atoms with Crippen LogP contribution in [0.15, 0.2) is 12.1 Å². The highest BCUT2D eigenvalue weighted by Gasteiger charge is 2.06. The van der Waals surface area contributed by atoms with Gasteiger partial charge in [-0.05, 0) is 31.0 Å². The van der Waals surface area contributed by atoms with Crippen molar-refractivity contribution in [1.82, 2.24) is 0 Å². The van der Waals surface area contributed by atoms with E-state index in [0.29, 0.717) is 11.4 Å². The molecule has 0 spiro atoms. The number of nitrogens with two attached hydrogens (primary N) is 2. The van der Waals surface area contributed by atoms with Gasteiger partial charge >= 0.3 is 0 Å². The first kappa shape index (κ1) is 10.8. The third-order valence-corrected chi connectivity index (χ3v) is 2.37. The molecule has 0 bridgehead atoms. The smallest absolute Gasteiger partial charge is 0.296 e. The zero-order valence-electron chi connectivity index (χ0n) is 8.03. The maximum Gasteiger partial charge on any atom is 0.296 e. The van der Waals surface area contributed by atoms with E-state index in [-0.39, 0.29) is 0 Å². The first-order chi connectivity index (χ1) is 6.29. The highest BCUT2D eigenvalue weighted by atomic mass is 32.2. The first-order valence-electron chi connectivity index (χ1n) is 3.97. The maximum atomic E-state index is 10.8. The summed E-state index contributed by atoms with van der Waals surface area (Å²) >= 11 is 0. The zero-order valence-corrected chi connectivity index (χ0v) is 8.85. The topological polar surface area (TPSA) is 98.2 Å². The molecule has 1 aromatic carbocycles. The third kappa shape index (κ3) is 2.61. The number of hydrogen-bond donors (Lipinski definition) is 3. The number of benzene rings is 1. The van der Waals surface area contributed by atoms with Gasteiger partial charge < -0.3 is 5.73 Å². The molecule has 0 heterocycles. The Bertz CT molecular complexity index is 454. The lowest BCUT2D eigenvalue weighted by Gasteiger charge is -2.09. The second kappa shape index (κ2) is 3.47. The fourth-order valence-corrected chi connectivity index (χ4v) is 1.66. The summed E-state index contributed by atoms with van der Waals surface area (Å²) in [6.07, 6.45) is 0. The fraction of sp³-hybridized carbons (Fsp3) is 0.250. The number of rotatable bonds is 2. The molecule has 0 fully saturated rings. The van der Waals surface area contributed by atoms with Gasteiger partial charge in [0.25, 0.3) is 10.2 Å². The molecule has 0 aliphatic carbocycles. The molecule has 0 amide bonds. The SMILES string of the molecule is Cc1cc(C)c(NS(N)(=O)=O)cc1N. The van der Waals surface area contributed by atoms with Crippen molar-refractivity contribution in [1.29, 1.82) is 0 Å². The van der Waals surface area contributed by atoms with E-state index in [2.05, 4.69) is 4.72 Å². The minimum Gasteiger partial charge on any atom is -0.398 e. The van der Waals surface area contributed by atoms with Gasteiger partial charge in [-0.15, -0.1) is 0 Å². The molecule has 5 N–H and O–H groups in total. The summed E-state index contributed by atoms with van der Waals surface area (Å²) in [5.41, 5.74) is 8.26. The van der Waals surface area contributed by atoms with Crippen LogP contribution in [0.1, 0.15) is 11.1 Å². The van der Waals surface area contributed by atoms with Crippen molar-refractivity contribution in [3.63, 3.8) is 0 Å². The van der Waals surface area contributed by atoms with Gasteiger partial charge in [0.1, 0.15) is 0 Å². The van der Waals surface area contributed by atoms with Crippen molar-refractivity contribution in [2.24, 2.45) is 5.14 Å². The molecule has 0 unspecified atom stereocenters. The van der Waals surface area contributed by atoms with Crippen LogP contribution in [-0.2, 0) is 10.2 Å². The number of nitrogens with one attached hydrogen (secondary N) is 1. The highest BCUT2D eigenvalue weighted by molar-refractivity contribution is 7.90. The predicted molar refractivity (Wildman–Crippen MR) is 57.1 cm³/mol. The second-order valence-corrected chi connectivity index (χ2v) is 4.46. The third-order valence-electron chi connectivity index (χ3n) is 1.87. The zero-order chi connectivity index (χ0) is 10.9. The van der Waals surface area contributed by atoms with Gasteiger partial charge in [-0.25, -0.2) is 5.14 Å². The van der Waals surface area contributed by atoms with Crippen molar-refractivity contribution in [3.8, 4) is 0 Å². The Morgan fingerprint density at radius 3 is 2.29 bits per heavy atom. The summed E-state index contributed by atoms with van der Waals surface area (Å²) in [7, 11) is -3.73. The largest absolute Gasteiger partial charge is 0.398 e. The molecule has 6 heteroatoms. The average molecular weight is 215 g/mol. The van der Waals surface area contributed by atoms with Crippen molar-refractivity contribution in [3.05, 3.63) is 23.3 Å². The summed E-state index contributed by atoms with van der Waals surface area (Å²) in [5.74, 6) is 0. The van der Waals surface area contributed by atoms with Crippen LogP contribution in [0.3, 0.4) is 0 Å². The fourth-order valence-electron chi connectivity index (χ4n) is 1.13. The summed E-state index contributed by atoms with van der Waals surface area (Å²) < 4.78 is 23.7. The van der Waals surface area contributed by atoms with E-state index < -0.39 is 10.2 Å². The molecule has 1 rings (SSSR count). The van der Waals surface area contributed by atoms with Crippen molar-refractivity contribution < 1.29 is 8.42 Å². The Balaban J connectivity index is 3.17. The Hall–Kier alpha value is -1.27. The van der Waals surface area contributed by atoms with E-state index in [1.807, 2.05) is 6.92 Å². The molecule has 78 valence electrons. The summed E-state index contributed by atoms with van der Waals surface area (Å²) in [4.78, 5) is 0. The van der Waals surface area contributed by atoms with E-state index in [4.69, 9.17) is 10.9 Å². The molecule has 0 saturated carbocycles. The molecule has 0 aliphatic rings. The number of nitrogen functional groups attached to an aromatic ring is 1. The minimum absolute atomic E-state index is 0.413. The van der Waals surface area contributed by atoms with Crippen LogP contribution < -0.4 is 15.6 Å². The minimum atomic E-state index is -3.73. The molecule has 0 saturated heterocycles. The van der Waals surface area contributed by atoms with Gasteiger partial charge in [-0.1, -0.05) is 6.07 Å². The standard InChI is InChI=1S/C8H13N3O2S/c1-5-3-6(2)8(4-7(5)9)11-14(10,12)13/h3-4,11H,9H2,1-2H3,(H2,10,12,13). The molecular formula is C8H13N3O2S. The van der Waals surface area contributed by atoms with Crippen LogP contribution in [0, 0.1) is 13.8 Å². The Kier molecular flexibility index (Phi) is 2.68. The molecule has 0 aliphatic heterocycles. The van der Waals surface area contributed by atoms with Crippen LogP contribution >= 0.6 is 0 Å². The molecule has 0 aromatic heterocycles. The summed E-state index contributed by atoms with van der Waals surface area (Å²) in [6, 6.07) is 3.35. The van der Waals surface area contributed by atoms with Gasteiger partial charge in [-0.3, -0.25) is 4.72 Å². The van der Waals surface area contributed by atoms with Crippen LogP contribution in [0.25, 0.3) is 0 Å². The van der Waals surface area contributed by atoms with Gasteiger partial charge in [-0.2, -0.15) is 8.42 Å². The molecule has 1 aromatic rings. The van der Waals surface area contributed by atoms with Gasteiger partial charge in [0, 0.05) is 5.69 Å². The van der Waals surface area contributed by atoms with Crippen molar-refractivity contribution in [2.75, 3.05) is 10.5 Å². The predicted octanol–water partition coefficient (Wildman–Crippen LogP) is 0.501. The number of aryl methyl sites for hydroxylation is 2. The molecular weight excluding hydrogens is 202 g/mol. The van der Waals surface area contributed by atoms with Crippen LogP contribution in [-0.4, -0.2) is 8.42 Å². The average Bonchev–Trinajstić information content (AvgIpc) is 1.97. The Morgan fingerprint density at radius 1 is 1.21 bits per heavy atom. The lowest BCUT2D eigenvalue weighted by molar-refractivity contribution is 0.603. The number of hydrogen-bond acceptors (Lipinski definition) is 3. The Labute approximate surface area is 83.3 Å². The molecule has 0 atom stereocenters. The quantitative estimate of drug-likeness (QED) is 0.626. The molecule has 5 nitrogen and oxygen atoms in total. The van der Waals surface area contributed by atoms with E-state index in [9.17, 15) is 8.42 Å². The van der Waals surface area contributed by atoms with Gasteiger partial charge in [0.15, 0.2) is 0 Å². The van der Waals surface area contributed by atoms with Crippen LogP contribution in [0.2, 0.25) is 0 Å². The second-order valence-electron chi connectivity index (χ2n) is 3.17. The molecule has 0 radical (unpaired) electrons. The Morgan fingerprint density at radius 2 is 1.79 bits per heavy atom. The number of anilines is 2. The lowest BCUT2D eigenvalue weighted by atomic mass is 10.1. The van der Waals surface area contributed by atoms with E-state index >= 15 is 0 Å². The van der Waals surface area contributed by atoms with Gasteiger partial charge in [0.2, 0.25) is 0 Å². The van der Waals surface area contributed by atoms with E-state index in [1.54, 1.807) is 19.1 Å². The van der Waals surface area contributed by atoms with Gasteiger partial charge in [0.05, 0.1) is 5.69 Å². The summed E-state index contributed by atoms with van der Waals surface area (Å²) in [6.45, 7) is 3.63. The maximum absolute atomic E-state index is 10.8.